The first-order chi connectivity index (χ1) is 9.02. The molecule has 0 aliphatic carbocycles. The predicted molar refractivity (Wildman–Crippen MR) is 71.4 cm³/mol. The minimum absolute atomic E-state index is 0.0195. The lowest BCUT2D eigenvalue weighted by Crippen LogP contribution is -2.10. The second-order valence-electron chi connectivity index (χ2n) is 4.35. The Morgan fingerprint density at radius 2 is 2.16 bits per heavy atom. The highest BCUT2D eigenvalue weighted by atomic mass is 16.5. The summed E-state index contributed by atoms with van der Waals surface area (Å²) in [6.07, 6.45) is 0. The highest BCUT2D eigenvalue weighted by Gasteiger charge is 2.16. The van der Waals surface area contributed by atoms with Crippen LogP contribution in [0.3, 0.4) is 0 Å². The number of nitrogens with two attached hydrogens (primary N) is 1. The van der Waals surface area contributed by atoms with Crippen LogP contribution in [-0.4, -0.2) is 10.1 Å². The van der Waals surface area contributed by atoms with E-state index in [-0.39, 0.29) is 11.7 Å². The summed E-state index contributed by atoms with van der Waals surface area (Å²) in [5.74, 6) is 1.37. The molecule has 0 amide bonds. The van der Waals surface area contributed by atoms with E-state index in [2.05, 4.69) is 15.5 Å². The lowest BCUT2D eigenvalue weighted by atomic mass is 10.1. The fraction of sp³-hybridized carbons (Fsp3) is 0.308. The molecule has 0 spiro atoms. The number of nitrogens with one attached hydrogen (secondary N) is 1. The molecule has 1 atom stereocenters. The Kier molecular flexibility index (Phi) is 3.38. The molecule has 6 heteroatoms. The van der Waals surface area contributed by atoms with Crippen LogP contribution in [0.25, 0.3) is 0 Å². The Hall–Kier alpha value is -2.55. The number of nitrogens with zero attached hydrogens (tertiary/aromatic N) is 3. The van der Waals surface area contributed by atoms with Gasteiger partial charge in [0.1, 0.15) is 17.6 Å². The standard InChI is InChI=1S/C13H15N5O/c1-7(13-8(2)18-19-9(13)3)16-12-5-4-10(15)11(6-14)17-12/h4-5,7H,15H2,1-3H3,(H,16,17). The van der Waals surface area contributed by atoms with Crippen molar-refractivity contribution in [2.24, 2.45) is 0 Å². The van der Waals surface area contributed by atoms with E-state index in [1.807, 2.05) is 26.8 Å². The SMILES string of the molecule is Cc1noc(C)c1C(C)Nc1ccc(N)c(C#N)n1. The van der Waals surface area contributed by atoms with E-state index in [4.69, 9.17) is 15.5 Å². The van der Waals surface area contributed by atoms with Crippen LogP contribution in [-0.2, 0) is 0 Å². The zero-order chi connectivity index (χ0) is 14.0. The van der Waals surface area contributed by atoms with E-state index in [0.717, 1.165) is 17.0 Å². The average molecular weight is 257 g/mol. The largest absolute Gasteiger partial charge is 0.396 e. The normalized spacial score (nSPS) is 11.9. The van der Waals surface area contributed by atoms with Gasteiger partial charge < -0.3 is 15.6 Å². The zero-order valence-corrected chi connectivity index (χ0v) is 11.1. The predicted octanol–water partition coefficient (Wildman–Crippen LogP) is 2.31. The molecule has 0 fully saturated rings. The Bertz CT molecular complexity index is 621. The lowest BCUT2D eigenvalue weighted by Gasteiger charge is -2.14. The number of pyridine rings is 1. The maximum Gasteiger partial charge on any atom is 0.165 e. The van der Waals surface area contributed by atoms with Crippen molar-refractivity contribution in [3.63, 3.8) is 0 Å². The number of aromatic nitrogens is 2. The van der Waals surface area contributed by atoms with Crippen molar-refractivity contribution in [2.75, 3.05) is 11.1 Å². The molecule has 98 valence electrons. The zero-order valence-electron chi connectivity index (χ0n) is 11.1. The first kappa shape index (κ1) is 12.9. The van der Waals surface area contributed by atoms with Gasteiger partial charge in [-0.15, -0.1) is 0 Å². The molecule has 3 N–H and O–H groups in total. The Morgan fingerprint density at radius 3 is 2.74 bits per heavy atom. The molecule has 6 nitrogen and oxygen atoms in total. The Labute approximate surface area is 111 Å². The van der Waals surface area contributed by atoms with Gasteiger partial charge in [-0.2, -0.15) is 5.26 Å². The molecular formula is C13H15N5O. The molecular weight excluding hydrogens is 242 g/mol. The van der Waals surface area contributed by atoms with Gasteiger partial charge in [-0.3, -0.25) is 0 Å². The number of aryl methyl sites for hydroxylation is 2. The molecule has 0 radical (unpaired) electrons. The van der Waals surface area contributed by atoms with Crippen LogP contribution in [0.2, 0.25) is 0 Å². The number of nitriles is 1. The van der Waals surface area contributed by atoms with Gasteiger partial charge in [0.05, 0.1) is 17.4 Å². The molecule has 0 bridgehead atoms. The van der Waals surface area contributed by atoms with Crippen molar-refractivity contribution in [3.05, 3.63) is 34.8 Å². The second-order valence-corrected chi connectivity index (χ2v) is 4.35. The molecule has 2 heterocycles. The number of hydrogen-bond acceptors (Lipinski definition) is 6. The van der Waals surface area contributed by atoms with Crippen LogP contribution in [0.15, 0.2) is 16.7 Å². The van der Waals surface area contributed by atoms with Crippen LogP contribution in [0.4, 0.5) is 11.5 Å². The van der Waals surface area contributed by atoms with Crippen LogP contribution in [0, 0.1) is 25.2 Å². The summed E-state index contributed by atoms with van der Waals surface area (Å²) >= 11 is 0. The summed E-state index contributed by atoms with van der Waals surface area (Å²) in [6.45, 7) is 5.74. The van der Waals surface area contributed by atoms with Crippen molar-refractivity contribution < 1.29 is 4.52 Å². The quantitative estimate of drug-likeness (QED) is 0.875. The van der Waals surface area contributed by atoms with Crippen molar-refractivity contribution in [3.8, 4) is 6.07 Å². The van der Waals surface area contributed by atoms with Gasteiger partial charge in [-0.05, 0) is 32.9 Å². The van der Waals surface area contributed by atoms with E-state index in [1.165, 1.54) is 0 Å². The van der Waals surface area contributed by atoms with Crippen molar-refractivity contribution >= 4 is 11.5 Å². The highest BCUT2D eigenvalue weighted by molar-refractivity contribution is 5.55. The maximum absolute atomic E-state index is 8.90. The lowest BCUT2D eigenvalue weighted by molar-refractivity contribution is 0.392. The summed E-state index contributed by atoms with van der Waals surface area (Å²) in [5.41, 5.74) is 8.07. The van der Waals surface area contributed by atoms with E-state index in [0.29, 0.717) is 11.5 Å². The van der Waals surface area contributed by atoms with Crippen LogP contribution in [0.1, 0.15) is 35.7 Å². The fourth-order valence-corrected chi connectivity index (χ4v) is 2.04. The van der Waals surface area contributed by atoms with Gasteiger partial charge in [0.15, 0.2) is 5.69 Å². The maximum atomic E-state index is 8.90. The van der Waals surface area contributed by atoms with E-state index in [9.17, 15) is 0 Å². The molecule has 2 aromatic rings. The minimum atomic E-state index is -0.0195. The van der Waals surface area contributed by atoms with Gasteiger partial charge in [0.25, 0.3) is 0 Å². The van der Waals surface area contributed by atoms with Gasteiger partial charge >= 0.3 is 0 Å². The summed E-state index contributed by atoms with van der Waals surface area (Å²) in [4.78, 5) is 4.15. The van der Waals surface area contributed by atoms with Crippen LogP contribution < -0.4 is 11.1 Å². The third-order valence-electron chi connectivity index (χ3n) is 2.92. The highest BCUT2D eigenvalue weighted by Crippen LogP contribution is 2.24. The van der Waals surface area contributed by atoms with Crippen LogP contribution >= 0.6 is 0 Å². The molecule has 1 unspecified atom stereocenters. The van der Waals surface area contributed by atoms with Crippen molar-refractivity contribution in [1.82, 2.24) is 10.1 Å². The van der Waals surface area contributed by atoms with Gasteiger partial charge in [-0.25, -0.2) is 4.98 Å². The topological polar surface area (TPSA) is 101 Å². The molecule has 0 aromatic carbocycles. The van der Waals surface area contributed by atoms with E-state index >= 15 is 0 Å². The second kappa shape index (κ2) is 4.98. The monoisotopic (exact) mass is 257 g/mol. The third-order valence-corrected chi connectivity index (χ3v) is 2.92. The summed E-state index contributed by atoms with van der Waals surface area (Å²) in [5, 5.41) is 16.0. The number of anilines is 2. The molecule has 0 saturated heterocycles. The third kappa shape index (κ3) is 2.50. The molecule has 0 aliphatic heterocycles. The molecule has 2 rings (SSSR count). The molecule has 19 heavy (non-hydrogen) atoms. The van der Waals surface area contributed by atoms with Crippen molar-refractivity contribution in [2.45, 2.75) is 26.8 Å². The van der Waals surface area contributed by atoms with Crippen LogP contribution in [0.5, 0.6) is 0 Å². The number of hydrogen-bond donors (Lipinski definition) is 2. The van der Waals surface area contributed by atoms with E-state index < -0.39 is 0 Å². The minimum Gasteiger partial charge on any atom is -0.396 e. The molecule has 2 aromatic heterocycles. The van der Waals surface area contributed by atoms with Gasteiger partial charge in [0, 0.05) is 5.56 Å². The summed E-state index contributed by atoms with van der Waals surface area (Å²) in [7, 11) is 0. The first-order valence-electron chi connectivity index (χ1n) is 5.89. The molecule has 0 aliphatic rings. The van der Waals surface area contributed by atoms with Gasteiger partial charge in [0.2, 0.25) is 0 Å². The van der Waals surface area contributed by atoms with Crippen molar-refractivity contribution in [1.29, 1.82) is 5.26 Å². The number of nitrogen functional groups attached to an aromatic ring is 1. The Balaban J connectivity index is 2.25. The van der Waals surface area contributed by atoms with E-state index in [1.54, 1.807) is 12.1 Å². The molecule has 0 saturated carbocycles. The number of rotatable bonds is 3. The smallest absolute Gasteiger partial charge is 0.165 e. The summed E-state index contributed by atoms with van der Waals surface area (Å²) in [6, 6.07) is 5.34. The average Bonchev–Trinajstić information content (AvgIpc) is 2.71. The Morgan fingerprint density at radius 1 is 1.42 bits per heavy atom. The van der Waals surface area contributed by atoms with Gasteiger partial charge in [-0.1, -0.05) is 5.16 Å². The first-order valence-corrected chi connectivity index (χ1v) is 5.89. The fourth-order valence-electron chi connectivity index (χ4n) is 2.04. The summed E-state index contributed by atoms with van der Waals surface area (Å²) < 4.78 is 5.14.